The van der Waals surface area contributed by atoms with E-state index in [0.717, 1.165) is 17.6 Å². The fraction of sp³-hybridized carbons (Fsp3) is 0.625. The molecule has 1 N–H and O–H groups in total. The maximum atomic E-state index is 5.41. The lowest BCUT2D eigenvalue weighted by atomic mass is 9.71. The van der Waals surface area contributed by atoms with Crippen LogP contribution in [0.3, 0.4) is 0 Å². The Kier molecular flexibility index (Phi) is 4.04. The topological polar surface area (TPSA) is 21.3 Å². The molecule has 3 rings (SSSR count). The molecule has 2 aliphatic rings. The minimum absolute atomic E-state index is 0.689. The largest absolute Gasteiger partial charge is 0.497 e. The summed E-state index contributed by atoms with van der Waals surface area (Å²) in [6.45, 7) is 3.43. The highest BCUT2D eigenvalue weighted by molar-refractivity contribution is 7.99. The summed E-state index contributed by atoms with van der Waals surface area (Å²) in [5, 5.41) is 3.73. The molecule has 1 saturated heterocycles. The lowest BCUT2D eigenvalue weighted by Gasteiger charge is -2.42. The molecule has 1 fully saturated rings. The summed E-state index contributed by atoms with van der Waals surface area (Å²) in [5.74, 6) is 5.00. The molecule has 0 saturated carbocycles. The van der Waals surface area contributed by atoms with Gasteiger partial charge < -0.3 is 10.1 Å². The van der Waals surface area contributed by atoms with E-state index in [1.165, 1.54) is 36.5 Å². The smallest absolute Gasteiger partial charge is 0.119 e. The number of rotatable bonds is 4. The summed E-state index contributed by atoms with van der Waals surface area (Å²) in [7, 11) is 1.76. The summed E-state index contributed by atoms with van der Waals surface area (Å²) >= 11 is 2.07. The Hall–Kier alpha value is -0.670. The molecule has 19 heavy (non-hydrogen) atoms. The fourth-order valence-corrected chi connectivity index (χ4v) is 4.41. The maximum absolute atomic E-state index is 5.41. The van der Waals surface area contributed by atoms with Crippen molar-refractivity contribution in [3.05, 3.63) is 29.3 Å². The predicted octanol–water partition coefficient (Wildman–Crippen LogP) is 3.07. The van der Waals surface area contributed by atoms with Gasteiger partial charge in [0.1, 0.15) is 5.75 Å². The van der Waals surface area contributed by atoms with Crippen LogP contribution in [0.4, 0.5) is 0 Å². The lowest BCUT2D eigenvalue weighted by molar-refractivity contribution is 0.269. The van der Waals surface area contributed by atoms with Gasteiger partial charge in [-0.2, -0.15) is 11.8 Å². The zero-order valence-electron chi connectivity index (χ0n) is 11.8. The molecule has 0 unspecified atom stereocenters. The summed E-state index contributed by atoms with van der Waals surface area (Å²) < 4.78 is 5.41. The average molecular weight is 277 g/mol. The summed E-state index contributed by atoms with van der Waals surface area (Å²) in [4.78, 5) is 0. The van der Waals surface area contributed by atoms with Crippen molar-refractivity contribution >= 4 is 11.8 Å². The monoisotopic (exact) mass is 277 g/mol. The molecule has 1 aromatic rings. The van der Waals surface area contributed by atoms with Crippen molar-refractivity contribution < 1.29 is 4.74 Å². The normalized spacial score (nSPS) is 28.8. The number of benzene rings is 1. The van der Waals surface area contributed by atoms with Gasteiger partial charge in [-0.3, -0.25) is 0 Å². The first kappa shape index (κ1) is 13.3. The van der Waals surface area contributed by atoms with Crippen molar-refractivity contribution in [3.63, 3.8) is 0 Å². The van der Waals surface area contributed by atoms with Crippen molar-refractivity contribution in [1.29, 1.82) is 0 Å². The standard InChI is InChI=1S/C16H23NOS/c1-3-19-10-12-9-17-13-6-11-4-5-14(18-2)8-16(11)15(12)7-13/h4-5,8,12-13,15,17H,3,6-7,9-10H2,1-2H3/t12-,13+,15-/m0/s1. The Morgan fingerprint density at radius 3 is 3.11 bits per heavy atom. The highest BCUT2D eigenvalue weighted by Gasteiger charge is 2.36. The van der Waals surface area contributed by atoms with Gasteiger partial charge in [0.15, 0.2) is 0 Å². The maximum Gasteiger partial charge on any atom is 0.119 e. The van der Waals surface area contributed by atoms with Crippen LogP contribution in [-0.2, 0) is 6.42 Å². The van der Waals surface area contributed by atoms with E-state index in [1.54, 1.807) is 12.7 Å². The van der Waals surface area contributed by atoms with E-state index >= 15 is 0 Å². The molecule has 0 amide bonds. The number of methoxy groups -OCH3 is 1. The molecule has 2 nitrogen and oxygen atoms in total. The Morgan fingerprint density at radius 1 is 1.42 bits per heavy atom. The van der Waals surface area contributed by atoms with E-state index in [2.05, 4.69) is 42.2 Å². The minimum atomic E-state index is 0.689. The van der Waals surface area contributed by atoms with Crippen molar-refractivity contribution in [2.24, 2.45) is 5.92 Å². The highest BCUT2D eigenvalue weighted by Crippen LogP contribution is 2.42. The van der Waals surface area contributed by atoms with Crippen LogP contribution in [0.1, 0.15) is 30.4 Å². The second-order valence-electron chi connectivity index (χ2n) is 5.64. The molecular formula is C16H23NOS. The second-order valence-corrected chi connectivity index (χ2v) is 6.95. The quantitative estimate of drug-likeness (QED) is 0.914. The van der Waals surface area contributed by atoms with Crippen LogP contribution in [0.15, 0.2) is 18.2 Å². The van der Waals surface area contributed by atoms with E-state index in [-0.39, 0.29) is 0 Å². The van der Waals surface area contributed by atoms with Crippen LogP contribution >= 0.6 is 11.8 Å². The van der Waals surface area contributed by atoms with Crippen LogP contribution in [0, 0.1) is 5.92 Å². The fourth-order valence-electron chi connectivity index (χ4n) is 3.52. The van der Waals surface area contributed by atoms with Gasteiger partial charge in [0.2, 0.25) is 0 Å². The van der Waals surface area contributed by atoms with Gasteiger partial charge in [-0.25, -0.2) is 0 Å². The number of thioether (sulfide) groups is 1. The average Bonchev–Trinajstić information content (AvgIpc) is 2.46. The second kappa shape index (κ2) is 5.76. The molecule has 3 atom stereocenters. The zero-order valence-corrected chi connectivity index (χ0v) is 12.6. The van der Waals surface area contributed by atoms with E-state index in [0.29, 0.717) is 6.04 Å². The SMILES string of the molecule is CCSC[C@@H]1CN[C@@H]2Cc3ccc(OC)cc3[C@H]1C2. The minimum Gasteiger partial charge on any atom is -0.497 e. The van der Waals surface area contributed by atoms with E-state index in [4.69, 9.17) is 4.74 Å². The van der Waals surface area contributed by atoms with Gasteiger partial charge in [0.05, 0.1) is 7.11 Å². The Morgan fingerprint density at radius 2 is 2.32 bits per heavy atom. The van der Waals surface area contributed by atoms with E-state index in [1.807, 2.05) is 0 Å². The molecule has 2 bridgehead atoms. The Balaban J connectivity index is 1.88. The summed E-state index contributed by atoms with van der Waals surface area (Å²) in [6.07, 6.45) is 2.48. The van der Waals surface area contributed by atoms with Crippen molar-refractivity contribution in [1.82, 2.24) is 5.32 Å². The summed E-state index contributed by atoms with van der Waals surface area (Å²) in [5.41, 5.74) is 3.08. The molecule has 104 valence electrons. The summed E-state index contributed by atoms with van der Waals surface area (Å²) in [6, 6.07) is 7.35. The van der Waals surface area contributed by atoms with Gasteiger partial charge in [-0.1, -0.05) is 13.0 Å². The van der Waals surface area contributed by atoms with Crippen molar-refractivity contribution in [2.75, 3.05) is 25.2 Å². The third kappa shape index (κ3) is 2.63. The van der Waals surface area contributed by atoms with Crippen LogP contribution in [0.5, 0.6) is 5.75 Å². The third-order valence-corrected chi connectivity index (χ3v) is 5.60. The van der Waals surface area contributed by atoms with Gasteiger partial charge in [-0.15, -0.1) is 0 Å². The number of nitrogens with one attached hydrogen (secondary N) is 1. The van der Waals surface area contributed by atoms with Crippen LogP contribution in [-0.4, -0.2) is 31.2 Å². The molecule has 0 aromatic heterocycles. The number of hydrogen-bond donors (Lipinski definition) is 1. The van der Waals surface area contributed by atoms with Gasteiger partial charge in [0, 0.05) is 6.04 Å². The van der Waals surface area contributed by atoms with Gasteiger partial charge in [-0.05, 0) is 66.0 Å². The first-order chi connectivity index (χ1) is 9.31. The van der Waals surface area contributed by atoms with Crippen LogP contribution in [0.2, 0.25) is 0 Å². The zero-order chi connectivity index (χ0) is 13.2. The van der Waals surface area contributed by atoms with Crippen molar-refractivity contribution in [3.8, 4) is 5.75 Å². The van der Waals surface area contributed by atoms with Crippen molar-refractivity contribution in [2.45, 2.75) is 31.7 Å². The van der Waals surface area contributed by atoms with Gasteiger partial charge in [0.25, 0.3) is 0 Å². The molecule has 1 aliphatic heterocycles. The van der Waals surface area contributed by atoms with E-state index in [9.17, 15) is 0 Å². The number of hydrogen-bond acceptors (Lipinski definition) is 3. The lowest BCUT2D eigenvalue weighted by Crippen LogP contribution is -2.47. The molecule has 0 radical (unpaired) electrons. The Labute approximate surface area is 120 Å². The molecule has 1 aliphatic carbocycles. The molecule has 1 aromatic carbocycles. The number of ether oxygens (including phenoxy) is 1. The Bertz CT molecular complexity index is 448. The molecule has 0 spiro atoms. The predicted molar refractivity (Wildman–Crippen MR) is 82.3 cm³/mol. The first-order valence-electron chi connectivity index (χ1n) is 7.29. The number of fused-ring (bicyclic) bond motifs is 4. The molecular weight excluding hydrogens is 254 g/mol. The number of piperidine rings is 1. The molecule has 3 heteroatoms. The van der Waals surface area contributed by atoms with Gasteiger partial charge >= 0.3 is 0 Å². The van der Waals surface area contributed by atoms with Crippen LogP contribution in [0.25, 0.3) is 0 Å². The first-order valence-corrected chi connectivity index (χ1v) is 8.45. The van der Waals surface area contributed by atoms with Crippen LogP contribution < -0.4 is 10.1 Å². The van der Waals surface area contributed by atoms with E-state index < -0.39 is 0 Å². The molecule has 1 heterocycles. The third-order valence-electron chi connectivity index (χ3n) is 4.53. The highest BCUT2D eigenvalue weighted by atomic mass is 32.2.